The van der Waals surface area contributed by atoms with E-state index in [4.69, 9.17) is 15.2 Å². The fourth-order valence-electron chi connectivity index (χ4n) is 2.84. The van der Waals surface area contributed by atoms with Crippen molar-refractivity contribution in [3.8, 4) is 0 Å². The molecule has 0 unspecified atom stereocenters. The molecule has 0 amide bonds. The van der Waals surface area contributed by atoms with E-state index in [2.05, 4.69) is 9.82 Å². The number of carbonyl (C=O) groups excluding carboxylic acids is 1. The van der Waals surface area contributed by atoms with Gasteiger partial charge in [0.2, 0.25) is 0 Å². The highest BCUT2D eigenvalue weighted by atomic mass is 17.0. The molecule has 0 bridgehead atoms. The van der Waals surface area contributed by atoms with Gasteiger partial charge in [0, 0.05) is 18.2 Å². The zero-order valence-corrected chi connectivity index (χ0v) is 14.9. The average molecular weight is 390 g/mol. The minimum atomic E-state index is -1.02. The number of nitrogen functional groups attached to an aromatic ring is 1. The maximum atomic E-state index is 12.1. The Bertz CT molecular complexity index is 931. The lowest BCUT2D eigenvalue weighted by Gasteiger charge is -2.17. The zero-order chi connectivity index (χ0) is 20.3. The molecule has 1 aliphatic heterocycles. The van der Waals surface area contributed by atoms with E-state index in [0.29, 0.717) is 11.1 Å². The monoisotopic (exact) mass is 390 g/mol. The number of ether oxygens (including phenoxy) is 2. The number of esters is 1. The molecule has 1 aromatic carbocycles. The van der Waals surface area contributed by atoms with Crippen molar-refractivity contribution >= 4 is 11.8 Å². The number of nitrogens with zero attached hydrogens (tertiary/aromatic N) is 3. The Kier molecular flexibility index (Phi) is 5.54. The second-order valence-corrected chi connectivity index (χ2v) is 6.20. The van der Waals surface area contributed by atoms with Crippen LogP contribution in [0.3, 0.4) is 0 Å². The Morgan fingerprint density at radius 2 is 2.14 bits per heavy atom. The molecule has 1 aromatic heterocycles. The average Bonchev–Trinajstić information content (AvgIpc) is 3.05. The molecule has 3 rings (SSSR count). The molecule has 11 nitrogen and oxygen atoms in total. The van der Waals surface area contributed by atoms with Gasteiger partial charge in [-0.2, -0.15) is 4.98 Å². The Morgan fingerprint density at radius 1 is 1.43 bits per heavy atom. The molecular formula is C17H18N4O7. The molecule has 28 heavy (non-hydrogen) atoms. The summed E-state index contributed by atoms with van der Waals surface area (Å²) in [5, 5.41) is 9.85. The van der Waals surface area contributed by atoms with Gasteiger partial charge in [-0.05, 0) is 19.1 Å². The van der Waals surface area contributed by atoms with Crippen LogP contribution in [0, 0.1) is 17.0 Å². The van der Waals surface area contributed by atoms with Crippen molar-refractivity contribution in [3.63, 3.8) is 0 Å². The Balaban J connectivity index is 1.74. The second kappa shape index (κ2) is 8.05. The van der Waals surface area contributed by atoms with Crippen molar-refractivity contribution < 1.29 is 24.2 Å². The van der Waals surface area contributed by atoms with Gasteiger partial charge in [0.05, 0.1) is 5.56 Å². The summed E-state index contributed by atoms with van der Waals surface area (Å²) < 4.78 is 12.1. The molecule has 0 aliphatic carbocycles. The molecule has 3 atom stereocenters. The summed E-state index contributed by atoms with van der Waals surface area (Å²) in [5.74, 6) is -0.514. The molecule has 11 heteroatoms. The number of aryl methyl sites for hydroxylation is 1. The van der Waals surface area contributed by atoms with E-state index < -0.39 is 35.2 Å². The van der Waals surface area contributed by atoms with Crippen LogP contribution in [0.2, 0.25) is 0 Å². The van der Waals surface area contributed by atoms with E-state index in [9.17, 15) is 19.7 Å². The first-order valence-corrected chi connectivity index (χ1v) is 8.39. The van der Waals surface area contributed by atoms with Crippen molar-refractivity contribution in [3.05, 3.63) is 68.3 Å². The fourth-order valence-corrected chi connectivity index (χ4v) is 2.84. The number of hydrogen-bond acceptors (Lipinski definition) is 9. The molecule has 148 valence electrons. The maximum absolute atomic E-state index is 12.1. The van der Waals surface area contributed by atoms with E-state index in [1.165, 1.54) is 10.8 Å². The van der Waals surface area contributed by atoms with Crippen molar-refractivity contribution in [1.82, 2.24) is 9.55 Å². The number of benzene rings is 1. The number of carbonyl (C=O) groups is 1. The van der Waals surface area contributed by atoms with E-state index in [1.54, 1.807) is 37.3 Å². The lowest BCUT2D eigenvalue weighted by Crippen LogP contribution is -2.32. The third-order valence-electron chi connectivity index (χ3n) is 4.27. The van der Waals surface area contributed by atoms with Crippen LogP contribution in [0.4, 0.5) is 5.82 Å². The van der Waals surface area contributed by atoms with E-state index in [1.807, 2.05) is 0 Å². The van der Waals surface area contributed by atoms with Gasteiger partial charge in [-0.15, -0.1) is 10.1 Å². The molecule has 2 heterocycles. The lowest BCUT2D eigenvalue weighted by molar-refractivity contribution is -0.769. The molecule has 0 radical (unpaired) electrons. The van der Waals surface area contributed by atoms with Gasteiger partial charge in [0.15, 0.2) is 0 Å². The van der Waals surface area contributed by atoms with Crippen LogP contribution in [-0.4, -0.2) is 39.4 Å². The Morgan fingerprint density at radius 3 is 2.82 bits per heavy atom. The SMILES string of the molecule is Cc1cn([C@H]2C[C@H](O[N+](=O)[O-])[C@@H](COC(=O)c3ccccc3)O2)c(=O)nc1N. The van der Waals surface area contributed by atoms with E-state index in [-0.39, 0.29) is 18.8 Å². The van der Waals surface area contributed by atoms with Crippen LogP contribution in [0.15, 0.2) is 41.3 Å². The number of nitrogens with two attached hydrogens (primary N) is 1. The highest BCUT2D eigenvalue weighted by Gasteiger charge is 2.40. The van der Waals surface area contributed by atoms with Crippen molar-refractivity contribution in [1.29, 1.82) is 0 Å². The topological polar surface area (TPSA) is 149 Å². The van der Waals surface area contributed by atoms with Gasteiger partial charge in [-0.3, -0.25) is 4.57 Å². The van der Waals surface area contributed by atoms with Crippen LogP contribution in [0.25, 0.3) is 0 Å². The predicted octanol–water partition coefficient (Wildman–Crippen LogP) is 0.855. The van der Waals surface area contributed by atoms with Crippen molar-refractivity contribution in [2.75, 3.05) is 12.3 Å². The third-order valence-corrected chi connectivity index (χ3v) is 4.27. The molecule has 2 N–H and O–H groups in total. The van der Waals surface area contributed by atoms with E-state index in [0.717, 1.165) is 0 Å². The van der Waals surface area contributed by atoms with Crippen LogP contribution in [0.1, 0.15) is 28.6 Å². The van der Waals surface area contributed by atoms with Gasteiger partial charge in [-0.1, -0.05) is 18.2 Å². The largest absolute Gasteiger partial charge is 0.459 e. The quantitative estimate of drug-likeness (QED) is 0.430. The minimum Gasteiger partial charge on any atom is -0.459 e. The summed E-state index contributed by atoms with van der Waals surface area (Å²) in [5.41, 5.74) is 5.83. The maximum Gasteiger partial charge on any atom is 0.351 e. The lowest BCUT2D eigenvalue weighted by atomic mass is 10.2. The number of aromatic nitrogens is 2. The minimum absolute atomic E-state index is 0.000517. The first kappa shape index (κ1) is 19.3. The molecular weight excluding hydrogens is 372 g/mol. The summed E-state index contributed by atoms with van der Waals surface area (Å²) in [6, 6.07) is 8.27. The smallest absolute Gasteiger partial charge is 0.351 e. The van der Waals surface area contributed by atoms with Crippen LogP contribution < -0.4 is 11.4 Å². The number of rotatable bonds is 6. The number of hydrogen-bond donors (Lipinski definition) is 1. The second-order valence-electron chi connectivity index (χ2n) is 6.20. The van der Waals surface area contributed by atoms with Gasteiger partial charge in [-0.25, -0.2) is 9.59 Å². The predicted molar refractivity (Wildman–Crippen MR) is 94.8 cm³/mol. The molecule has 1 aliphatic rings. The Labute approximate surface area is 158 Å². The first-order valence-electron chi connectivity index (χ1n) is 8.39. The summed E-state index contributed by atoms with van der Waals surface area (Å²) >= 11 is 0. The van der Waals surface area contributed by atoms with Gasteiger partial charge >= 0.3 is 11.7 Å². The van der Waals surface area contributed by atoms with Gasteiger partial charge < -0.3 is 20.0 Å². The fraction of sp³-hybridized carbons (Fsp3) is 0.353. The standard InChI is InChI=1S/C17H18N4O7/c1-10-8-20(17(23)19-15(10)18)14-7-12(28-21(24)25)13(27-14)9-26-16(22)11-5-3-2-4-6-11/h2-6,8,12-14H,7,9H2,1H3,(H2,18,19,23)/t12-,13+,14+/m0/s1. The van der Waals surface area contributed by atoms with E-state index >= 15 is 0 Å². The molecule has 0 spiro atoms. The highest BCUT2D eigenvalue weighted by molar-refractivity contribution is 5.89. The normalized spacial score (nSPS) is 21.2. The van der Waals surface area contributed by atoms with Gasteiger partial charge in [0.25, 0.3) is 5.09 Å². The van der Waals surface area contributed by atoms with Crippen LogP contribution in [0.5, 0.6) is 0 Å². The third kappa shape index (κ3) is 4.26. The summed E-state index contributed by atoms with van der Waals surface area (Å²) in [7, 11) is 0. The Hall–Kier alpha value is -3.47. The molecule has 1 saturated heterocycles. The molecule has 0 saturated carbocycles. The first-order chi connectivity index (χ1) is 13.3. The molecule has 2 aromatic rings. The van der Waals surface area contributed by atoms with Crippen molar-refractivity contribution in [2.24, 2.45) is 0 Å². The van der Waals surface area contributed by atoms with Gasteiger partial charge in [0.1, 0.15) is 30.9 Å². The highest BCUT2D eigenvalue weighted by Crippen LogP contribution is 2.30. The molecule has 1 fully saturated rings. The van der Waals surface area contributed by atoms with Crippen LogP contribution >= 0.6 is 0 Å². The van der Waals surface area contributed by atoms with Crippen molar-refractivity contribution in [2.45, 2.75) is 31.8 Å². The summed E-state index contributed by atoms with van der Waals surface area (Å²) in [4.78, 5) is 43.3. The zero-order valence-electron chi connectivity index (χ0n) is 14.9. The number of anilines is 1. The summed E-state index contributed by atoms with van der Waals surface area (Å²) in [6.07, 6.45) is -1.37. The van der Waals surface area contributed by atoms with Crippen LogP contribution in [-0.2, 0) is 14.3 Å². The summed E-state index contributed by atoms with van der Waals surface area (Å²) in [6.45, 7) is 1.39.